The monoisotopic (exact) mass is 468 g/mol. The van der Waals surface area contributed by atoms with Crippen LogP contribution in [0.25, 0.3) is 11.3 Å². The molecule has 30 heavy (non-hydrogen) atoms. The fourth-order valence-corrected chi connectivity index (χ4v) is 3.17. The van der Waals surface area contributed by atoms with Gasteiger partial charge in [0.05, 0.1) is 16.2 Å². The number of ether oxygens (including phenoxy) is 1. The number of aryl methyl sites for hydroxylation is 1. The minimum atomic E-state index is -0.905. The summed E-state index contributed by atoms with van der Waals surface area (Å²) in [7, 11) is 0. The Morgan fingerprint density at radius 3 is 2.70 bits per heavy atom. The maximum absolute atomic E-state index is 12.0. The molecule has 0 aliphatic carbocycles. The fourth-order valence-electron chi connectivity index (χ4n) is 2.59. The zero-order valence-corrected chi connectivity index (χ0v) is 18.0. The Balaban J connectivity index is 1.41. The summed E-state index contributed by atoms with van der Waals surface area (Å²) < 4.78 is 11.1. The highest BCUT2D eigenvalue weighted by molar-refractivity contribution is 6.42. The average Bonchev–Trinajstić information content (AvgIpc) is 3.21. The van der Waals surface area contributed by atoms with Gasteiger partial charge >= 0.3 is 0 Å². The molecule has 1 aromatic heterocycles. The zero-order valence-electron chi connectivity index (χ0n) is 15.8. The number of aromatic nitrogens is 1. The van der Waals surface area contributed by atoms with Crippen LogP contribution >= 0.6 is 34.8 Å². The molecule has 158 valence electrons. The molecule has 3 aromatic rings. The second-order valence-electron chi connectivity index (χ2n) is 6.42. The van der Waals surface area contributed by atoms with Crippen molar-refractivity contribution in [3.05, 3.63) is 69.6 Å². The van der Waals surface area contributed by atoms with E-state index < -0.39 is 6.10 Å². The molecular formula is C21H19Cl3N2O4. The first-order valence-corrected chi connectivity index (χ1v) is 10.3. The van der Waals surface area contributed by atoms with Gasteiger partial charge in [-0.2, -0.15) is 0 Å². The Hall–Kier alpha value is -2.25. The van der Waals surface area contributed by atoms with E-state index >= 15 is 0 Å². The first-order valence-electron chi connectivity index (χ1n) is 9.15. The van der Waals surface area contributed by atoms with Crippen molar-refractivity contribution in [3.8, 4) is 17.1 Å². The highest BCUT2D eigenvalue weighted by atomic mass is 35.5. The van der Waals surface area contributed by atoms with Crippen LogP contribution < -0.4 is 10.1 Å². The largest absolute Gasteiger partial charge is 0.489 e. The number of benzene rings is 2. The molecule has 0 bridgehead atoms. The molecule has 2 aromatic carbocycles. The van der Waals surface area contributed by atoms with E-state index in [9.17, 15) is 9.90 Å². The fraction of sp³-hybridized carbons (Fsp3) is 0.238. The van der Waals surface area contributed by atoms with Crippen molar-refractivity contribution in [2.24, 2.45) is 0 Å². The van der Waals surface area contributed by atoms with E-state index in [0.717, 1.165) is 5.56 Å². The van der Waals surface area contributed by atoms with Crippen LogP contribution in [0.5, 0.6) is 5.75 Å². The van der Waals surface area contributed by atoms with Crippen LogP contribution in [0.4, 0.5) is 0 Å². The summed E-state index contributed by atoms with van der Waals surface area (Å²) >= 11 is 18.1. The summed E-state index contributed by atoms with van der Waals surface area (Å²) in [6, 6.07) is 12.3. The Morgan fingerprint density at radius 2 is 1.90 bits per heavy atom. The molecule has 0 spiro atoms. The van der Waals surface area contributed by atoms with Gasteiger partial charge in [0.25, 0.3) is 0 Å². The van der Waals surface area contributed by atoms with Gasteiger partial charge in [0.15, 0.2) is 11.7 Å². The molecule has 0 aliphatic heterocycles. The van der Waals surface area contributed by atoms with Crippen LogP contribution in [-0.2, 0) is 11.2 Å². The second-order valence-corrected chi connectivity index (χ2v) is 7.61. The van der Waals surface area contributed by atoms with E-state index in [4.69, 9.17) is 44.0 Å². The van der Waals surface area contributed by atoms with Gasteiger partial charge in [-0.25, -0.2) is 4.98 Å². The molecule has 0 saturated carbocycles. The molecule has 1 heterocycles. The first kappa shape index (κ1) is 22.4. The van der Waals surface area contributed by atoms with Gasteiger partial charge in [0.2, 0.25) is 5.91 Å². The van der Waals surface area contributed by atoms with Crippen LogP contribution in [0, 0.1) is 0 Å². The van der Waals surface area contributed by atoms with Crippen molar-refractivity contribution in [3.63, 3.8) is 0 Å². The summed E-state index contributed by atoms with van der Waals surface area (Å²) in [5.74, 6) is 1.10. The van der Waals surface area contributed by atoms with E-state index in [1.807, 2.05) is 18.2 Å². The number of hydrogen-bond donors (Lipinski definition) is 2. The van der Waals surface area contributed by atoms with Crippen LogP contribution in [0.15, 0.2) is 53.1 Å². The maximum atomic E-state index is 12.0. The molecule has 6 nitrogen and oxygen atoms in total. The summed E-state index contributed by atoms with van der Waals surface area (Å²) in [6.07, 6.45) is 1.16. The molecule has 1 unspecified atom stereocenters. The number of carbonyl (C=O) groups is 1. The van der Waals surface area contributed by atoms with Crippen molar-refractivity contribution in [1.29, 1.82) is 0 Å². The normalized spacial score (nSPS) is 11.9. The first-order chi connectivity index (χ1) is 14.4. The van der Waals surface area contributed by atoms with E-state index in [1.165, 1.54) is 0 Å². The Kier molecular flexibility index (Phi) is 7.99. The standard InChI is InChI=1S/C21H19Cl3N2O4/c22-15-5-2-1-4-14(15)18-11-26-20(30-18)9-8-19(28)25-10-13(27)12-29-17-7-3-6-16(23)21(17)24/h1-7,11,13,27H,8-10,12H2,(H,25,28). The molecule has 0 radical (unpaired) electrons. The summed E-state index contributed by atoms with van der Waals surface area (Å²) in [4.78, 5) is 16.2. The number of halogens is 3. The number of aliphatic hydroxyl groups excluding tert-OH is 1. The van der Waals surface area contributed by atoms with Crippen molar-refractivity contribution in [2.75, 3.05) is 13.2 Å². The lowest BCUT2D eigenvalue weighted by atomic mass is 10.2. The van der Waals surface area contributed by atoms with E-state index in [1.54, 1.807) is 30.5 Å². The Bertz CT molecular complexity index is 1010. The van der Waals surface area contributed by atoms with Crippen molar-refractivity contribution < 1.29 is 19.1 Å². The summed E-state index contributed by atoms with van der Waals surface area (Å²) in [6.45, 7) is -0.00521. The van der Waals surface area contributed by atoms with Crippen LogP contribution in [0.2, 0.25) is 15.1 Å². The third kappa shape index (κ3) is 6.12. The third-order valence-corrected chi connectivity index (χ3v) is 5.27. The quantitative estimate of drug-likeness (QED) is 0.471. The van der Waals surface area contributed by atoms with Gasteiger partial charge in [-0.15, -0.1) is 0 Å². The van der Waals surface area contributed by atoms with Crippen molar-refractivity contribution in [2.45, 2.75) is 18.9 Å². The lowest BCUT2D eigenvalue weighted by molar-refractivity contribution is -0.121. The van der Waals surface area contributed by atoms with Crippen LogP contribution in [-0.4, -0.2) is 35.3 Å². The van der Waals surface area contributed by atoms with Crippen LogP contribution in [0.1, 0.15) is 12.3 Å². The topological polar surface area (TPSA) is 84.6 Å². The van der Waals surface area contributed by atoms with Gasteiger partial charge in [0, 0.05) is 24.9 Å². The summed E-state index contributed by atoms with van der Waals surface area (Å²) in [5, 5.41) is 13.8. The van der Waals surface area contributed by atoms with Gasteiger partial charge in [-0.3, -0.25) is 4.79 Å². The summed E-state index contributed by atoms with van der Waals surface area (Å²) in [5.41, 5.74) is 0.741. The minimum absolute atomic E-state index is 0.0352. The third-order valence-electron chi connectivity index (χ3n) is 4.14. The number of rotatable bonds is 9. The Labute approximate surface area is 188 Å². The SMILES string of the molecule is O=C(CCc1ncc(-c2ccccc2Cl)o1)NCC(O)COc1cccc(Cl)c1Cl. The maximum Gasteiger partial charge on any atom is 0.220 e. The Morgan fingerprint density at radius 1 is 1.13 bits per heavy atom. The van der Waals surface area contributed by atoms with Gasteiger partial charge in [0.1, 0.15) is 23.5 Å². The number of nitrogens with one attached hydrogen (secondary N) is 1. The number of oxazole rings is 1. The lowest BCUT2D eigenvalue weighted by Gasteiger charge is -2.14. The smallest absolute Gasteiger partial charge is 0.220 e. The minimum Gasteiger partial charge on any atom is -0.489 e. The highest BCUT2D eigenvalue weighted by Gasteiger charge is 2.13. The van der Waals surface area contributed by atoms with E-state index in [0.29, 0.717) is 33.9 Å². The van der Waals surface area contributed by atoms with Gasteiger partial charge in [-0.05, 0) is 24.3 Å². The zero-order chi connectivity index (χ0) is 21.5. The molecule has 9 heteroatoms. The molecule has 0 saturated heterocycles. The van der Waals surface area contributed by atoms with Gasteiger partial charge < -0.3 is 19.6 Å². The number of nitrogens with zero attached hydrogens (tertiary/aromatic N) is 1. The number of hydrogen-bond acceptors (Lipinski definition) is 5. The predicted octanol–water partition coefficient (Wildman–Crippen LogP) is 4.79. The molecule has 0 aliphatic rings. The van der Waals surface area contributed by atoms with Crippen molar-refractivity contribution in [1.82, 2.24) is 10.3 Å². The van der Waals surface area contributed by atoms with E-state index in [-0.39, 0.29) is 30.5 Å². The number of carbonyl (C=O) groups excluding carboxylic acids is 1. The van der Waals surface area contributed by atoms with E-state index in [2.05, 4.69) is 10.3 Å². The predicted molar refractivity (Wildman–Crippen MR) is 116 cm³/mol. The molecule has 1 atom stereocenters. The number of amides is 1. The lowest BCUT2D eigenvalue weighted by Crippen LogP contribution is -2.35. The molecule has 2 N–H and O–H groups in total. The van der Waals surface area contributed by atoms with Crippen LogP contribution in [0.3, 0.4) is 0 Å². The molecule has 0 fully saturated rings. The molecule has 3 rings (SSSR count). The molecular weight excluding hydrogens is 451 g/mol. The highest BCUT2D eigenvalue weighted by Crippen LogP contribution is 2.31. The van der Waals surface area contributed by atoms with Crippen molar-refractivity contribution >= 4 is 40.7 Å². The number of aliphatic hydroxyl groups is 1. The molecule has 1 amide bonds. The second kappa shape index (κ2) is 10.7. The average molecular weight is 470 g/mol. The van der Waals surface area contributed by atoms with Gasteiger partial charge in [-0.1, -0.05) is 53.0 Å².